The molecule has 4 nitrogen and oxygen atoms in total. The third-order valence-corrected chi connectivity index (χ3v) is 4.72. The Labute approximate surface area is 121 Å². The quantitative estimate of drug-likeness (QED) is 0.802. The molecule has 0 bridgehead atoms. The SMILES string of the molecule is CC(CO)(CCCn1cnc2c1CCCC2)NC1CC1. The molecule has 1 heterocycles. The zero-order valence-corrected chi connectivity index (χ0v) is 12.6. The summed E-state index contributed by atoms with van der Waals surface area (Å²) >= 11 is 0. The summed E-state index contributed by atoms with van der Waals surface area (Å²) in [5, 5.41) is 13.2. The molecule has 2 aliphatic rings. The zero-order valence-electron chi connectivity index (χ0n) is 12.6. The van der Waals surface area contributed by atoms with Gasteiger partial charge in [0.2, 0.25) is 0 Å². The summed E-state index contributed by atoms with van der Waals surface area (Å²) in [4.78, 5) is 4.55. The van der Waals surface area contributed by atoms with Crippen LogP contribution in [0.1, 0.15) is 56.8 Å². The van der Waals surface area contributed by atoms with Crippen LogP contribution in [0.4, 0.5) is 0 Å². The number of nitrogens with zero attached hydrogens (tertiary/aromatic N) is 2. The smallest absolute Gasteiger partial charge is 0.0951 e. The Morgan fingerprint density at radius 2 is 2.20 bits per heavy atom. The number of hydrogen-bond donors (Lipinski definition) is 2. The Kier molecular flexibility index (Phi) is 4.13. The molecule has 2 aliphatic carbocycles. The molecule has 0 spiro atoms. The Bertz CT molecular complexity index is 453. The van der Waals surface area contributed by atoms with Gasteiger partial charge < -0.3 is 15.0 Å². The van der Waals surface area contributed by atoms with Crippen LogP contribution >= 0.6 is 0 Å². The first-order chi connectivity index (χ1) is 9.70. The molecule has 1 aromatic heterocycles. The zero-order chi connectivity index (χ0) is 14.0. The van der Waals surface area contributed by atoms with E-state index in [1.807, 2.05) is 6.33 Å². The summed E-state index contributed by atoms with van der Waals surface area (Å²) in [6.07, 6.45) is 11.6. The van der Waals surface area contributed by atoms with Crippen molar-refractivity contribution in [3.8, 4) is 0 Å². The van der Waals surface area contributed by atoms with Crippen molar-refractivity contribution in [1.82, 2.24) is 14.9 Å². The van der Waals surface area contributed by atoms with Crippen LogP contribution in [0, 0.1) is 0 Å². The van der Waals surface area contributed by atoms with E-state index < -0.39 is 0 Å². The molecule has 1 atom stereocenters. The van der Waals surface area contributed by atoms with Crippen LogP contribution in [0.3, 0.4) is 0 Å². The summed E-state index contributed by atoms with van der Waals surface area (Å²) in [5.74, 6) is 0. The van der Waals surface area contributed by atoms with Gasteiger partial charge in [0.25, 0.3) is 0 Å². The van der Waals surface area contributed by atoms with Crippen LogP contribution < -0.4 is 5.32 Å². The fourth-order valence-electron chi connectivity index (χ4n) is 3.28. The number of rotatable bonds is 7. The first-order valence-electron chi connectivity index (χ1n) is 8.12. The maximum Gasteiger partial charge on any atom is 0.0951 e. The lowest BCUT2D eigenvalue weighted by Crippen LogP contribution is -2.47. The van der Waals surface area contributed by atoms with Crippen molar-refractivity contribution < 1.29 is 5.11 Å². The largest absolute Gasteiger partial charge is 0.394 e. The molecule has 1 unspecified atom stereocenters. The number of aliphatic hydroxyl groups excluding tert-OH is 1. The van der Waals surface area contributed by atoms with E-state index in [0.29, 0.717) is 6.04 Å². The Morgan fingerprint density at radius 1 is 1.40 bits per heavy atom. The summed E-state index contributed by atoms with van der Waals surface area (Å²) in [6.45, 7) is 3.41. The minimum atomic E-state index is -0.109. The summed E-state index contributed by atoms with van der Waals surface area (Å²) in [6, 6.07) is 0.646. The normalized spacial score (nSPS) is 21.5. The van der Waals surface area contributed by atoms with Crippen LogP contribution in [0.5, 0.6) is 0 Å². The predicted molar refractivity (Wildman–Crippen MR) is 79.8 cm³/mol. The molecule has 4 heteroatoms. The van der Waals surface area contributed by atoms with E-state index in [-0.39, 0.29) is 12.1 Å². The first kappa shape index (κ1) is 14.1. The van der Waals surface area contributed by atoms with Crippen LogP contribution in [0.25, 0.3) is 0 Å². The van der Waals surface area contributed by atoms with Crippen LogP contribution in [-0.2, 0) is 19.4 Å². The highest BCUT2D eigenvalue weighted by molar-refractivity contribution is 5.16. The molecule has 112 valence electrons. The fourth-order valence-corrected chi connectivity index (χ4v) is 3.28. The minimum absolute atomic E-state index is 0.109. The minimum Gasteiger partial charge on any atom is -0.394 e. The molecule has 3 rings (SSSR count). The van der Waals surface area contributed by atoms with Crippen molar-refractivity contribution in [1.29, 1.82) is 0 Å². The topological polar surface area (TPSA) is 50.1 Å². The predicted octanol–water partition coefficient (Wildman–Crippen LogP) is 2.05. The van der Waals surface area contributed by atoms with Gasteiger partial charge in [-0.2, -0.15) is 0 Å². The Hall–Kier alpha value is -0.870. The molecule has 20 heavy (non-hydrogen) atoms. The van der Waals surface area contributed by atoms with Gasteiger partial charge in [-0.15, -0.1) is 0 Å². The number of nitrogens with one attached hydrogen (secondary N) is 1. The third-order valence-electron chi connectivity index (χ3n) is 4.72. The second-order valence-corrected chi connectivity index (χ2v) is 6.78. The van der Waals surface area contributed by atoms with Gasteiger partial charge in [0.1, 0.15) is 0 Å². The molecule has 1 fully saturated rings. The molecule has 0 aromatic carbocycles. The molecule has 0 amide bonds. The second kappa shape index (κ2) is 5.86. The summed E-state index contributed by atoms with van der Waals surface area (Å²) < 4.78 is 2.34. The highest BCUT2D eigenvalue weighted by Gasteiger charge is 2.31. The summed E-state index contributed by atoms with van der Waals surface area (Å²) in [5.41, 5.74) is 2.66. The van der Waals surface area contributed by atoms with Crippen molar-refractivity contribution in [2.24, 2.45) is 0 Å². The maximum absolute atomic E-state index is 9.63. The van der Waals surface area contributed by atoms with Crippen LogP contribution in [0.15, 0.2) is 6.33 Å². The fraction of sp³-hybridized carbons (Fsp3) is 0.812. The second-order valence-electron chi connectivity index (χ2n) is 6.78. The molecule has 0 aliphatic heterocycles. The lowest BCUT2D eigenvalue weighted by molar-refractivity contribution is 0.160. The molecular weight excluding hydrogens is 250 g/mol. The van der Waals surface area contributed by atoms with Gasteiger partial charge in [-0.05, 0) is 58.3 Å². The number of fused-ring (bicyclic) bond motifs is 1. The number of imidazole rings is 1. The number of aromatic nitrogens is 2. The van der Waals surface area contributed by atoms with Crippen molar-refractivity contribution >= 4 is 0 Å². The van der Waals surface area contributed by atoms with Gasteiger partial charge in [0, 0.05) is 23.8 Å². The lowest BCUT2D eigenvalue weighted by atomic mass is 9.96. The lowest BCUT2D eigenvalue weighted by Gasteiger charge is -2.29. The van der Waals surface area contributed by atoms with Gasteiger partial charge in [0.15, 0.2) is 0 Å². The van der Waals surface area contributed by atoms with Gasteiger partial charge in [0.05, 0.1) is 18.6 Å². The Morgan fingerprint density at radius 3 is 2.95 bits per heavy atom. The molecule has 1 aromatic rings. The monoisotopic (exact) mass is 277 g/mol. The maximum atomic E-state index is 9.63. The molecule has 0 radical (unpaired) electrons. The van der Waals surface area contributed by atoms with Gasteiger partial charge in [-0.25, -0.2) is 4.98 Å². The number of aliphatic hydroxyl groups is 1. The highest BCUT2D eigenvalue weighted by atomic mass is 16.3. The van der Waals surface area contributed by atoms with E-state index in [4.69, 9.17) is 0 Å². The van der Waals surface area contributed by atoms with Crippen molar-refractivity contribution in [2.75, 3.05) is 6.61 Å². The van der Waals surface area contributed by atoms with E-state index in [9.17, 15) is 5.11 Å². The van der Waals surface area contributed by atoms with Crippen molar-refractivity contribution in [3.63, 3.8) is 0 Å². The molecule has 2 N–H and O–H groups in total. The standard InChI is InChI=1S/C16H27N3O/c1-16(11-20,18-13-7-8-13)9-4-10-19-12-17-14-5-2-3-6-15(14)19/h12-13,18,20H,2-11H2,1H3. The highest BCUT2D eigenvalue weighted by Crippen LogP contribution is 2.25. The Balaban J connectivity index is 1.52. The molecule has 0 saturated heterocycles. The average Bonchev–Trinajstić information content (AvgIpc) is 3.17. The van der Waals surface area contributed by atoms with Gasteiger partial charge >= 0.3 is 0 Å². The van der Waals surface area contributed by atoms with Crippen molar-refractivity contribution in [3.05, 3.63) is 17.7 Å². The third kappa shape index (κ3) is 3.23. The molecule has 1 saturated carbocycles. The van der Waals surface area contributed by atoms with Crippen molar-refractivity contribution in [2.45, 2.75) is 76.4 Å². The van der Waals surface area contributed by atoms with Crippen LogP contribution in [-0.4, -0.2) is 32.8 Å². The number of aryl methyl sites for hydroxylation is 2. The molecular formula is C16H27N3O. The van der Waals surface area contributed by atoms with E-state index in [1.165, 1.54) is 43.5 Å². The summed E-state index contributed by atoms with van der Waals surface area (Å²) in [7, 11) is 0. The van der Waals surface area contributed by atoms with Crippen LogP contribution in [0.2, 0.25) is 0 Å². The number of hydrogen-bond acceptors (Lipinski definition) is 3. The van der Waals surface area contributed by atoms with Gasteiger partial charge in [-0.3, -0.25) is 0 Å². The van der Waals surface area contributed by atoms with E-state index in [1.54, 1.807) is 0 Å². The first-order valence-corrected chi connectivity index (χ1v) is 8.12. The van der Waals surface area contributed by atoms with Gasteiger partial charge in [-0.1, -0.05) is 0 Å². The average molecular weight is 277 g/mol. The van der Waals surface area contributed by atoms with E-state index in [2.05, 4.69) is 21.8 Å². The van der Waals surface area contributed by atoms with E-state index >= 15 is 0 Å². The van der Waals surface area contributed by atoms with E-state index in [0.717, 1.165) is 25.8 Å².